The molecule has 0 aliphatic heterocycles. The van der Waals surface area contributed by atoms with Crippen LogP contribution in [-0.2, 0) is 7.05 Å². The van der Waals surface area contributed by atoms with Crippen LogP contribution in [0.4, 0.5) is 0 Å². The normalized spacial score (nSPS) is 12.4. The molecule has 22 heavy (non-hydrogen) atoms. The van der Waals surface area contributed by atoms with Crippen molar-refractivity contribution in [1.82, 2.24) is 9.78 Å². The van der Waals surface area contributed by atoms with E-state index >= 15 is 0 Å². The van der Waals surface area contributed by atoms with E-state index in [2.05, 4.69) is 61.2 Å². The number of fused-ring (bicyclic) bond motifs is 1. The summed E-state index contributed by atoms with van der Waals surface area (Å²) in [6, 6.07) is 2.53. The molecule has 0 aromatic carbocycles. The summed E-state index contributed by atoms with van der Waals surface area (Å²) in [5.74, 6) is 0. The van der Waals surface area contributed by atoms with Crippen LogP contribution in [-0.4, -0.2) is 28.2 Å². The molecule has 2 aromatic rings. The number of thiophene rings is 1. The first kappa shape index (κ1) is 18.3. The second-order valence-corrected chi connectivity index (χ2v) is 22.0. The SMILES string of the molecule is CCC[CH2][Sn]([CH2]CCC)([CH2]CCC)[c]1cc2c(cnn2C)s1. The number of hydrogen-bond donors (Lipinski definition) is 0. The number of hydrogen-bond acceptors (Lipinski definition) is 2. The van der Waals surface area contributed by atoms with Crippen LogP contribution in [0.5, 0.6) is 0 Å². The molecule has 2 rings (SSSR count). The molecule has 0 amide bonds. The Morgan fingerprint density at radius 3 is 2.00 bits per heavy atom. The van der Waals surface area contributed by atoms with E-state index in [-0.39, 0.29) is 0 Å². The summed E-state index contributed by atoms with van der Waals surface area (Å²) in [5.41, 5.74) is 1.37. The molecule has 0 unspecified atom stereocenters. The van der Waals surface area contributed by atoms with Crippen molar-refractivity contribution < 1.29 is 0 Å². The van der Waals surface area contributed by atoms with Crippen molar-refractivity contribution in [3.8, 4) is 0 Å². The third-order valence-corrected chi connectivity index (χ3v) is 24.3. The van der Waals surface area contributed by atoms with Crippen molar-refractivity contribution in [2.24, 2.45) is 7.05 Å². The molecular formula is C18H32N2SSn. The monoisotopic (exact) mass is 428 g/mol. The summed E-state index contributed by atoms with van der Waals surface area (Å²) < 4.78 is 9.98. The second-order valence-electron chi connectivity index (χ2n) is 6.72. The molecule has 2 nitrogen and oxygen atoms in total. The molecular weight excluding hydrogens is 395 g/mol. The zero-order valence-electron chi connectivity index (χ0n) is 14.8. The van der Waals surface area contributed by atoms with Gasteiger partial charge >= 0.3 is 145 Å². The van der Waals surface area contributed by atoms with Gasteiger partial charge < -0.3 is 0 Å². The van der Waals surface area contributed by atoms with Gasteiger partial charge in [0.25, 0.3) is 0 Å². The van der Waals surface area contributed by atoms with Gasteiger partial charge in [0.15, 0.2) is 0 Å². The summed E-state index contributed by atoms with van der Waals surface area (Å²) in [7, 11) is 2.08. The Balaban J connectivity index is 2.37. The molecule has 2 heterocycles. The average molecular weight is 427 g/mol. The van der Waals surface area contributed by atoms with Gasteiger partial charge in [-0.05, 0) is 0 Å². The van der Waals surface area contributed by atoms with Crippen LogP contribution in [0, 0.1) is 0 Å². The summed E-state index contributed by atoms with van der Waals surface area (Å²) in [5, 5.41) is 4.42. The van der Waals surface area contributed by atoms with Crippen LogP contribution in [0.15, 0.2) is 12.3 Å². The van der Waals surface area contributed by atoms with E-state index in [4.69, 9.17) is 0 Å². The summed E-state index contributed by atoms with van der Waals surface area (Å²) in [6.45, 7) is 7.06. The van der Waals surface area contributed by atoms with Crippen molar-refractivity contribution in [2.75, 3.05) is 0 Å². The Morgan fingerprint density at radius 2 is 1.55 bits per heavy atom. The van der Waals surface area contributed by atoms with Crippen molar-refractivity contribution in [3.63, 3.8) is 0 Å². The van der Waals surface area contributed by atoms with Crippen LogP contribution in [0.1, 0.15) is 59.3 Å². The van der Waals surface area contributed by atoms with Gasteiger partial charge in [0.1, 0.15) is 0 Å². The third kappa shape index (κ3) is 4.08. The maximum atomic E-state index is 4.42. The summed E-state index contributed by atoms with van der Waals surface area (Å²) >= 11 is -0.129. The molecule has 0 saturated heterocycles. The van der Waals surface area contributed by atoms with Gasteiger partial charge in [0, 0.05) is 0 Å². The Hall–Kier alpha value is -0.0313. The van der Waals surface area contributed by atoms with Crippen LogP contribution < -0.4 is 2.89 Å². The van der Waals surface area contributed by atoms with Crippen LogP contribution in [0.25, 0.3) is 10.2 Å². The van der Waals surface area contributed by atoms with E-state index < -0.39 is 18.4 Å². The number of unbranched alkanes of at least 4 members (excludes halogenated alkanes) is 3. The Morgan fingerprint density at radius 1 is 1.00 bits per heavy atom. The topological polar surface area (TPSA) is 17.8 Å². The quantitative estimate of drug-likeness (QED) is 0.446. The Bertz CT molecular complexity index is 551. The van der Waals surface area contributed by atoms with Crippen molar-refractivity contribution in [3.05, 3.63) is 12.3 Å². The molecule has 2 aromatic heterocycles. The molecule has 0 atom stereocenters. The Kier molecular flexibility index (Phi) is 7.26. The number of nitrogens with zero attached hydrogens (tertiary/aromatic N) is 2. The van der Waals surface area contributed by atoms with Crippen LogP contribution in [0.2, 0.25) is 13.3 Å². The van der Waals surface area contributed by atoms with Gasteiger partial charge in [-0.2, -0.15) is 0 Å². The van der Waals surface area contributed by atoms with Crippen LogP contribution >= 0.6 is 11.3 Å². The van der Waals surface area contributed by atoms with Gasteiger partial charge in [-0.15, -0.1) is 0 Å². The minimum atomic E-state index is -2.22. The molecule has 0 aliphatic rings. The molecule has 0 aliphatic carbocycles. The van der Waals surface area contributed by atoms with Crippen molar-refractivity contribution in [1.29, 1.82) is 0 Å². The molecule has 0 bridgehead atoms. The fourth-order valence-corrected chi connectivity index (χ4v) is 23.7. The molecule has 0 radical (unpaired) electrons. The van der Waals surface area contributed by atoms with Gasteiger partial charge in [0.05, 0.1) is 0 Å². The van der Waals surface area contributed by atoms with E-state index in [0.717, 1.165) is 0 Å². The van der Waals surface area contributed by atoms with E-state index in [9.17, 15) is 0 Å². The van der Waals surface area contributed by atoms with E-state index in [1.165, 1.54) is 48.7 Å². The molecule has 4 heteroatoms. The first-order valence-corrected chi connectivity index (χ1v) is 17.4. The van der Waals surface area contributed by atoms with E-state index in [1.54, 1.807) is 13.3 Å². The van der Waals surface area contributed by atoms with Gasteiger partial charge in [0.2, 0.25) is 0 Å². The van der Waals surface area contributed by atoms with Crippen LogP contribution in [0.3, 0.4) is 0 Å². The summed E-state index contributed by atoms with van der Waals surface area (Å²) in [4.78, 5) is 0. The summed E-state index contributed by atoms with van der Waals surface area (Å²) in [6.07, 6.45) is 10.4. The number of rotatable bonds is 10. The molecule has 0 fully saturated rings. The van der Waals surface area contributed by atoms with E-state index in [1.807, 2.05) is 2.89 Å². The number of aryl methyl sites for hydroxylation is 1. The zero-order valence-corrected chi connectivity index (χ0v) is 18.5. The van der Waals surface area contributed by atoms with Gasteiger partial charge in [-0.1, -0.05) is 0 Å². The molecule has 0 spiro atoms. The average Bonchev–Trinajstić information content (AvgIpc) is 3.10. The molecule has 0 N–H and O–H groups in total. The Labute approximate surface area is 144 Å². The maximum absolute atomic E-state index is 4.42. The standard InChI is InChI=1S/C6H5N2S.3C4H9.Sn/c1-8-5-2-3-9-6(5)4-7-8;3*1-3-4-2;/h2,4H,1H3;3*1,3-4H2,2H3;. The predicted molar refractivity (Wildman–Crippen MR) is 103 cm³/mol. The second kappa shape index (κ2) is 8.72. The zero-order chi connectivity index (χ0) is 16.0. The first-order valence-electron chi connectivity index (χ1n) is 9.09. The first-order chi connectivity index (χ1) is 10.7. The minimum absolute atomic E-state index is 1.35. The fraction of sp³-hybridized carbons (Fsp3) is 0.722. The molecule has 124 valence electrons. The van der Waals surface area contributed by atoms with E-state index in [0.29, 0.717) is 0 Å². The third-order valence-electron chi connectivity index (χ3n) is 4.99. The number of aromatic nitrogens is 2. The molecule has 0 saturated carbocycles. The van der Waals surface area contributed by atoms with Gasteiger partial charge in [-0.3, -0.25) is 0 Å². The fourth-order valence-electron chi connectivity index (χ4n) is 3.49. The van der Waals surface area contributed by atoms with Crippen molar-refractivity contribution >= 4 is 42.8 Å². The van der Waals surface area contributed by atoms with Crippen molar-refractivity contribution in [2.45, 2.75) is 72.6 Å². The predicted octanol–water partition coefficient (Wildman–Crippen LogP) is 5.69. The van der Waals surface area contributed by atoms with Gasteiger partial charge in [-0.25, -0.2) is 0 Å².